The van der Waals surface area contributed by atoms with Crippen LogP contribution in [0.25, 0.3) is 11.1 Å². The standard InChI is InChI=1S/C23H18F3N3O6/c24-23(25,26)12-29(10-20(30)31)21(32)18-9-19(35-28-18)27-22(33)34-11-17-15-7-3-1-5-13(15)14-6-2-4-8-16(14)17/h1-9,17H,10-12H2,(H,27,33)(H,30,31). The number of aromatic nitrogens is 1. The SMILES string of the molecule is O=C(O)CN(CC(F)(F)F)C(=O)c1cc(NC(=O)OCC2c3ccccc3-c3ccccc32)on1. The molecule has 182 valence electrons. The van der Waals surface area contributed by atoms with E-state index in [9.17, 15) is 27.6 Å². The lowest BCUT2D eigenvalue weighted by Gasteiger charge is -2.20. The first-order valence-corrected chi connectivity index (χ1v) is 10.3. The van der Waals surface area contributed by atoms with Gasteiger partial charge in [-0.05, 0) is 22.3 Å². The van der Waals surface area contributed by atoms with Crippen molar-refractivity contribution in [1.29, 1.82) is 0 Å². The lowest BCUT2D eigenvalue weighted by molar-refractivity contribution is -0.149. The summed E-state index contributed by atoms with van der Waals surface area (Å²) in [6.07, 6.45) is -5.75. The minimum atomic E-state index is -4.82. The predicted molar refractivity (Wildman–Crippen MR) is 115 cm³/mol. The molecule has 0 atom stereocenters. The molecule has 1 aliphatic carbocycles. The maximum absolute atomic E-state index is 12.7. The van der Waals surface area contributed by atoms with Gasteiger partial charge in [-0.15, -0.1) is 0 Å². The van der Waals surface area contributed by atoms with Crippen LogP contribution in [0.2, 0.25) is 0 Å². The highest BCUT2D eigenvalue weighted by molar-refractivity contribution is 5.95. The molecule has 2 N–H and O–H groups in total. The number of nitrogens with one attached hydrogen (secondary N) is 1. The molecule has 12 heteroatoms. The molecule has 1 aliphatic rings. The van der Waals surface area contributed by atoms with Gasteiger partial charge in [0.15, 0.2) is 5.69 Å². The van der Waals surface area contributed by atoms with E-state index in [4.69, 9.17) is 14.4 Å². The number of fused-ring (bicyclic) bond motifs is 3. The van der Waals surface area contributed by atoms with Crippen molar-refractivity contribution >= 4 is 23.9 Å². The van der Waals surface area contributed by atoms with Gasteiger partial charge in [-0.3, -0.25) is 14.9 Å². The van der Waals surface area contributed by atoms with Crippen LogP contribution in [-0.4, -0.2) is 59.0 Å². The van der Waals surface area contributed by atoms with E-state index in [1.165, 1.54) is 0 Å². The van der Waals surface area contributed by atoms with Crippen LogP contribution in [0.5, 0.6) is 0 Å². The summed E-state index contributed by atoms with van der Waals surface area (Å²) in [5.41, 5.74) is 3.47. The van der Waals surface area contributed by atoms with Gasteiger partial charge in [0.2, 0.25) is 5.88 Å². The Kier molecular flexibility index (Phi) is 6.45. The van der Waals surface area contributed by atoms with Crippen LogP contribution in [0, 0.1) is 0 Å². The summed E-state index contributed by atoms with van der Waals surface area (Å²) in [5, 5.41) is 14.3. The van der Waals surface area contributed by atoms with Crippen molar-refractivity contribution in [2.24, 2.45) is 0 Å². The van der Waals surface area contributed by atoms with Crippen molar-refractivity contribution in [1.82, 2.24) is 10.1 Å². The number of rotatable bonds is 7. The number of carboxylic acid groups (broad SMARTS) is 1. The van der Waals surface area contributed by atoms with E-state index in [1.54, 1.807) is 0 Å². The smallest absolute Gasteiger partial charge is 0.414 e. The second kappa shape index (κ2) is 9.49. The number of benzene rings is 2. The minimum Gasteiger partial charge on any atom is -0.480 e. The monoisotopic (exact) mass is 489 g/mol. The summed E-state index contributed by atoms with van der Waals surface area (Å²) in [5.74, 6) is -3.52. The van der Waals surface area contributed by atoms with Gasteiger partial charge >= 0.3 is 18.2 Å². The molecule has 4 rings (SSSR count). The normalized spacial score (nSPS) is 12.5. The minimum absolute atomic E-state index is 0.00223. The van der Waals surface area contributed by atoms with Crippen LogP contribution in [0.4, 0.5) is 23.8 Å². The molecule has 0 bridgehead atoms. The first kappa shape index (κ1) is 23.8. The highest BCUT2D eigenvalue weighted by atomic mass is 19.4. The fourth-order valence-corrected chi connectivity index (χ4v) is 3.91. The lowest BCUT2D eigenvalue weighted by atomic mass is 9.98. The van der Waals surface area contributed by atoms with Gasteiger partial charge < -0.3 is 19.3 Å². The van der Waals surface area contributed by atoms with Gasteiger partial charge in [0, 0.05) is 12.0 Å². The number of anilines is 1. The van der Waals surface area contributed by atoms with Gasteiger partial charge in [-0.1, -0.05) is 53.7 Å². The molecule has 0 saturated heterocycles. The zero-order valence-corrected chi connectivity index (χ0v) is 17.9. The summed E-state index contributed by atoms with van der Waals surface area (Å²) in [6, 6.07) is 16.3. The number of ether oxygens (including phenoxy) is 1. The molecule has 35 heavy (non-hydrogen) atoms. The molecule has 3 aromatic rings. The molecule has 2 amide bonds. The van der Waals surface area contributed by atoms with Crippen LogP contribution >= 0.6 is 0 Å². The van der Waals surface area contributed by atoms with E-state index in [2.05, 4.69) is 10.5 Å². The number of amides is 2. The highest BCUT2D eigenvalue weighted by Crippen LogP contribution is 2.44. The quantitative estimate of drug-likeness (QED) is 0.512. The maximum atomic E-state index is 12.7. The summed E-state index contributed by atoms with van der Waals surface area (Å²) in [7, 11) is 0. The Hall–Kier alpha value is -4.35. The third kappa shape index (κ3) is 5.42. The first-order valence-electron chi connectivity index (χ1n) is 10.3. The number of carbonyl (C=O) groups is 3. The molecule has 0 aliphatic heterocycles. The summed E-state index contributed by atoms with van der Waals surface area (Å²) in [6.45, 7) is -2.99. The Morgan fingerprint density at radius 2 is 1.66 bits per heavy atom. The van der Waals surface area contributed by atoms with Crippen molar-refractivity contribution in [3.05, 3.63) is 71.4 Å². The molecule has 0 radical (unpaired) electrons. The zero-order valence-electron chi connectivity index (χ0n) is 17.9. The van der Waals surface area contributed by atoms with E-state index >= 15 is 0 Å². The van der Waals surface area contributed by atoms with Crippen molar-refractivity contribution in [3.63, 3.8) is 0 Å². The van der Waals surface area contributed by atoms with Crippen LogP contribution in [0.15, 0.2) is 59.1 Å². The van der Waals surface area contributed by atoms with Gasteiger partial charge in [0.1, 0.15) is 19.7 Å². The van der Waals surface area contributed by atoms with E-state index < -0.39 is 42.9 Å². The Labute approximate surface area is 196 Å². The van der Waals surface area contributed by atoms with Crippen molar-refractivity contribution in [3.8, 4) is 11.1 Å². The Morgan fingerprint density at radius 3 is 2.23 bits per heavy atom. The number of alkyl halides is 3. The van der Waals surface area contributed by atoms with Crippen LogP contribution in [0.1, 0.15) is 27.5 Å². The average Bonchev–Trinajstić information content (AvgIpc) is 3.38. The van der Waals surface area contributed by atoms with Crippen molar-refractivity contribution in [2.75, 3.05) is 25.0 Å². The number of aliphatic carboxylic acids is 1. The van der Waals surface area contributed by atoms with Gasteiger partial charge in [-0.25, -0.2) is 4.79 Å². The topological polar surface area (TPSA) is 122 Å². The molecule has 0 fully saturated rings. The first-order chi connectivity index (χ1) is 16.6. The Bertz CT molecular complexity index is 1230. The molecule has 9 nitrogen and oxygen atoms in total. The van der Waals surface area contributed by atoms with Crippen LogP contribution < -0.4 is 5.32 Å². The summed E-state index contributed by atoms with van der Waals surface area (Å²) >= 11 is 0. The third-order valence-corrected chi connectivity index (χ3v) is 5.28. The maximum Gasteiger partial charge on any atom is 0.414 e. The van der Waals surface area contributed by atoms with Crippen LogP contribution in [-0.2, 0) is 9.53 Å². The number of carbonyl (C=O) groups excluding carboxylic acids is 2. The second-order valence-corrected chi connectivity index (χ2v) is 7.70. The van der Waals surface area contributed by atoms with Gasteiger partial charge in [-0.2, -0.15) is 13.2 Å². The number of hydrogen-bond acceptors (Lipinski definition) is 6. The largest absolute Gasteiger partial charge is 0.480 e. The average molecular weight is 489 g/mol. The van der Waals surface area contributed by atoms with Crippen molar-refractivity contribution < 1.29 is 41.9 Å². The highest BCUT2D eigenvalue weighted by Gasteiger charge is 2.35. The molecule has 0 saturated carbocycles. The molecule has 2 aromatic carbocycles. The Morgan fingerprint density at radius 1 is 1.06 bits per heavy atom. The Balaban J connectivity index is 1.40. The molecular weight excluding hydrogens is 471 g/mol. The second-order valence-electron chi connectivity index (χ2n) is 7.70. The van der Waals surface area contributed by atoms with Gasteiger partial charge in [0.25, 0.3) is 5.91 Å². The third-order valence-electron chi connectivity index (χ3n) is 5.28. The van der Waals surface area contributed by atoms with E-state index in [-0.39, 0.29) is 23.3 Å². The van der Waals surface area contributed by atoms with E-state index in [0.29, 0.717) is 0 Å². The molecule has 1 heterocycles. The van der Waals surface area contributed by atoms with Crippen molar-refractivity contribution in [2.45, 2.75) is 12.1 Å². The molecule has 0 unspecified atom stereocenters. The fraction of sp³-hybridized carbons (Fsp3) is 0.217. The molecule has 0 spiro atoms. The zero-order chi connectivity index (χ0) is 25.2. The van der Waals surface area contributed by atoms with Crippen LogP contribution in [0.3, 0.4) is 0 Å². The summed E-state index contributed by atoms with van der Waals surface area (Å²) < 4.78 is 48.2. The van der Waals surface area contributed by atoms with E-state index in [0.717, 1.165) is 28.3 Å². The van der Waals surface area contributed by atoms with E-state index in [1.807, 2.05) is 48.5 Å². The van der Waals surface area contributed by atoms with Gasteiger partial charge in [0.05, 0.1) is 0 Å². The summed E-state index contributed by atoms with van der Waals surface area (Å²) in [4.78, 5) is 35.5. The molecule has 1 aromatic heterocycles. The fourth-order valence-electron chi connectivity index (χ4n) is 3.91. The number of halogens is 3. The molecular formula is C23H18F3N3O6. The predicted octanol–water partition coefficient (Wildman–Crippen LogP) is 4.12. The lowest BCUT2D eigenvalue weighted by Crippen LogP contribution is -2.42. The number of nitrogens with zero attached hydrogens (tertiary/aromatic N) is 2. The number of carboxylic acids is 1. The number of hydrogen-bond donors (Lipinski definition) is 2.